The van der Waals surface area contributed by atoms with E-state index in [1.807, 2.05) is 35.2 Å². The molecule has 0 aliphatic carbocycles. The number of benzene rings is 1. The van der Waals surface area contributed by atoms with Crippen molar-refractivity contribution >= 4 is 12.1 Å². The first-order chi connectivity index (χ1) is 14.1. The van der Waals surface area contributed by atoms with Gasteiger partial charge in [0.05, 0.1) is 12.6 Å². The highest BCUT2D eigenvalue weighted by Gasteiger charge is 2.40. The summed E-state index contributed by atoms with van der Waals surface area (Å²) >= 11 is 0. The average molecular weight is 398 g/mol. The molecule has 2 fully saturated rings. The SMILES string of the molecule is CC(=O)OCc1ccc(CN2CCC(N3C(=O)OCC3c3ccccc3)CC2)o1. The van der Waals surface area contributed by atoms with Crippen molar-refractivity contribution in [1.82, 2.24) is 9.80 Å². The molecule has 0 bridgehead atoms. The van der Waals surface area contributed by atoms with E-state index in [1.54, 1.807) is 0 Å². The average Bonchev–Trinajstić information content (AvgIpc) is 3.34. The lowest BCUT2D eigenvalue weighted by Crippen LogP contribution is -2.45. The number of piperidine rings is 1. The van der Waals surface area contributed by atoms with Crippen LogP contribution in [0.4, 0.5) is 4.79 Å². The molecule has 154 valence electrons. The second kappa shape index (κ2) is 8.69. The van der Waals surface area contributed by atoms with E-state index in [-0.39, 0.29) is 30.8 Å². The van der Waals surface area contributed by atoms with E-state index >= 15 is 0 Å². The molecule has 2 aliphatic heterocycles. The van der Waals surface area contributed by atoms with Gasteiger partial charge in [-0.3, -0.25) is 14.6 Å². The number of ether oxygens (including phenoxy) is 2. The van der Waals surface area contributed by atoms with Gasteiger partial charge in [-0.05, 0) is 30.5 Å². The van der Waals surface area contributed by atoms with Crippen LogP contribution in [-0.4, -0.2) is 47.6 Å². The highest BCUT2D eigenvalue weighted by atomic mass is 16.6. The van der Waals surface area contributed by atoms with Crippen LogP contribution < -0.4 is 0 Å². The maximum atomic E-state index is 12.4. The van der Waals surface area contributed by atoms with E-state index in [2.05, 4.69) is 17.0 Å². The van der Waals surface area contributed by atoms with Crippen molar-refractivity contribution in [2.75, 3.05) is 19.7 Å². The Labute approximate surface area is 170 Å². The fourth-order valence-corrected chi connectivity index (χ4v) is 4.10. The molecule has 1 aromatic carbocycles. The molecule has 0 radical (unpaired) electrons. The number of carbonyl (C=O) groups excluding carboxylic acids is 2. The lowest BCUT2D eigenvalue weighted by Gasteiger charge is -2.37. The normalized spacial score (nSPS) is 20.7. The van der Waals surface area contributed by atoms with E-state index < -0.39 is 0 Å². The molecule has 2 aliphatic rings. The topological polar surface area (TPSA) is 72.2 Å². The lowest BCUT2D eigenvalue weighted by molar-refractivity contribution is -0.142. The zero-order chi connectivity index (χ0) is 20.2. The predicted molar refractivity (Wildman–Crippen MR) is 105 cm³/mol. The maximum Gasteiger partial charge on any atom is 0.410 e. The van der Waals surface area contributed by atoms with Gasteiger partial charge in [0, 0.05) is 26.1 Å². The molecule has 3 heterocycles. The molecule has 7 nitrogen and oxygen atoms in total. The Hall–Kier alpha value is -2.80. The van der Waals surface area contributed by atoms with Crippen LogP contribution in [0.2, 0.25) is 0 Å². The third-order valence-corrected chi connectivity index (χ3v) is 5.56. The number of carbonyl (C=O) groups is 2. The monoisotopic (exact) mass is 398 g/mol. The number of amides is 1. The van der Waals surface area contributed by atoms with Crippen molar-refractivity contribution in [3.63, 3.8) is 0 Å². The summed E-state index contributed by atoms with van der Waals surface area (Å²) in [6, 6.07) is 14.0. The van der Waals surface area contributed by atoms with E-state index in [0.717, 1.165) is 37.3 Å². The molecule has 29 heavy (non-hydrogen) atoms. The fraction of sp³-hybridized carbons (Fsp3) is 0.455. The summed E-state index contributed by atoms with van der Waals surface area (Å²) < 4.78 is 16.1. The fourth-order valence-electron chi connectivity index (χ4n) is 4.10. The van der Waals surface area contributed by atoms with Crippen LogP contribution in [0.5, 0.6) is 0 Å². The van der Waals surface area contributed by atoms with E-state index in [0.29, 0.717) is 18.9 Å². The number of cyclic esters (lactones) is 1. The minimum Gasteiger partial charge on any atom is -0.461 e. The smallest absolute Gasteiger partial charge is 0.410 e. The third kappa shape index (κ3) is 4.62. The third-order valence-electron chi connectivity index (χ3n) is 5.56. The predicted octanol–water partition coefficient (Wildman–Crippen LogP) is 3.50. The molecule has 2 aromatic rings. The van der Waals surface area contributed by atoms with Crippen LogP contribution in [-0.2, 0) is 27.4 Å². The molecular weight excluding hydrogens is 372 g/mol. The first kappa shape index (κ1) is 19.5. The van der Waals surface area contributed by atoms with Gasteiger partial charge in [-0.1, -0.05) is 30.3 Å². The second-order valence-electron chi connectivity index (χ2n) is 7.57. The Morgan fingerprint density at radius 2 is 1.83 bits per heavy atom. The molecule has 1 aromatic heterocycles. The summed E-state index contributed by atoms with van der Waals surface area (Å²) in [5.41, 5.74) is 1.12. The molecular formula is C22H26N2O5. The number of hydrogen-bond donors (Lipinski definition) is 0. The van der Waals surface area contributed by atoms with E-state index in [9.17, 15) is 9.59 Å². The van der Waals surface area contributed by atoms with Gasteiger partial charge >= 0.3 is 12.1 Å². The minimum atomic E-state index is -0.320. The maximum absolute atomic E-state index is 12.4. The summed E-state index contributed by atoms with van der Waals surface area (Å²) in [5, 5.41) is 0. The zero-order valence-corrected chi connectivity index (χ0v) is 16.6. The number of esters is 1. The number of rotatable bonds is 6. The molecule has 0 N–H and O–H groups in total. The molecule has 2 saturated heterocycles. The van der Waals surface area contributed by atoms with Gasteiger partial charge in [0.1, 0.15) is 24.7 Å². The Morgan fingerprint density at radius 3 is 2.55 bits per heavy atom. The van der Waals surface area contributed by atoms with Gasteiger partial charge in [-0.25, -0.2) is 4.79 Å². The Bertz CT molecular complexity index is 842. The summed E-state index contributed by atoms with van der Waals surface area (Å²) in [6.07, 6.45) is 1.59. The van der Waals surface area contributed by atoms with E-state index in [4.69, 9.17) is 13.9 Å². The summed E-state index contributed by atoms with van der Waals surface area (Å²) in [4.78, 5) is 27.5. The Balaban J connectivity index is 1.32. The number of likely N-dealkylation sites (tertiary alicyclic amines) is 1. The Morgan fingerprint density at radius 1 is 1.10 bits per heavy atom. The highest BCUT2D eigenvalue weighted by Crippen LogP contribution is 2.33. The summed E-state index contributed by atoms with van der Waals surface area (Å²) in [6.45, 7) is 4.44. The molecule has 1 atom stereocenters. The highest BCUT2D eigenvalue weighted by molar-refractivity contribution is 5.71. The van der Waals surface area contributed by atoms with Crippen LogP contribution >= 0.6 is 0 Å². The van der Waals surface area contributed by atoms with Crippen molar-refractivity contribution in [3.8, 4) is 0 Å². The molecule has 7 heteroatoms. The van der Waals surface area contributed by atoms with Crippen LogP contribution in [0.25, 0.3) is 0 Å². The standard InChI is InChI=1S/C22H26N2O5/c1-16(25)27-14-20-8-7-19(29-20)13-23-11-9-18(10-12-23)24-21(15-28-22(24)26)17-5-3-2-4-6-17/h2-8,18,21H,9-15H2,1H3. The van der Waals surface area contributed by atoms with Gasteiger partial charge in [-0.2, -0.15) is 0 Å². The first-order valence-electron chi connectivity index (χ1n) is 10.0. The zero-order valence-electron chi connectivity index (χ0n) is 16.6. The number of nitrogens with zero attached hydrogens (tertiary/aromatic N) is 2. The van der Waals surface area contributed by atoms with Crippen LogP contribution in [0.3, 0.4) is 0 Å². The van der Waals surface area contributed by atoms with Crippen molar-refractivity contribution in [2.45, 2.75) is 45.0 Å². The quantitative estimate of drug-likeness (QED) is 0.694. The van der Waals surface area contributed by atoms with Gasteiger partial charge in [-0.15, -0.1) is 0 Å². The van der Waals surface area contributed by atoms with Crippen molar-refractivity contribution in [2.24, 2.45) is 0 Å². The largest absolute Gasteiger partial charge is 0.461 e. The first-order valence-corrected chi connectivity index (χ1v) is 10.0. The van der Waals surface area contributed by atoms with Crippen LogP contribution in [0, 0.1) is 0 Å². The second-order valence-corrected chi connectivity index (χ2v) is 7.57. The van der Waals surface area contributed by atoms with Crippen LogP contribution in [0.1, 0.15) is 42.9 Å². The molecule has 0 spiro atoms. The summed E-state index contributed by atoms with van der Waals surface area (Å²) in [7, 11) is 0. The molecule has 4 rings (SSSR count). The summed E-state index contributed by atoms with van der Waals surface area (Å²) in [5.74, 6) is 1.18. The van der Waals surface area contributed by atoms with Gasteiger partial charge < -0.3 is 13.9 Å². The van der Waals surface area contributed by atoms with Gasteiger partial charge in [0.25, 0.3) is 0 Å². The van der Waals surface area contributed by atoms with Crippen LogP contribution in [0.15, 0.2) is 46.9 Å². The van der Waals surface area contributed by atoms with Crippen molar-refractivity contribution in [1.29, 1.82) is 0 Å². The van der Waals surface area contributed by atoms with Gasteiger partial charge in [0.15, 0.2) is 0 Å². The van der Waals surface area contributed by atoms with Crippen molar-refractivity contribution in [3.05, 3.63) is 59.5 Å². The molecule has 1 unspecified atom stereocenters. The minimum absolute atomic E-state index is 0.00541. The van der Waals surface area contributed by atoms with Crippen molar-refractivity contribution < 1.29 is 23.5 Å². The number of hydrogen-bond acceptors (Lipinski definition) is 6. The lowest BCUT2D eigenvalue weighted by atomic mass is 9.99. The Kier molecular flexibility index (Phi) is 5.85. The molecule has 1 amide bonds. The molecule has 0 saturated carbocycles. The van der Waals surface area contributed by atoms with E-state index in [1.165, 1.54) is 6.92 Å². The van der Waals surface area contributed by atoms with Gasteiger partial charge in [0.2, 0.25) is 0 Å². The number of furan rings is 1.